The first kappa shape index (κ1) is 15.6. The molecule has 0 saturated heterocycles. The predicted octanol–water partition coefficient (Wildman–Crippen LogP) is 2.37. The molecular weight excluding hydrogens is 301 g/mol. The van der Waals surface area contributed by atoms with Crippen LogP contribution < -0.4 is 10.1 Å². The number of ether oxygens (including phenoxy) is 1. The summed E-state index contributed by atoms with van der Waals surface area (Å²) >= 11 is 5.81. The van der Waals surface area contributed by atoms with Crippen LogP contribution in [-0.2, 0) is 9.59 Å². The standard InChI is InChI=1S/C14H15ClFNO4/c1-8(21-11-4-3-9(16)7-10(11)15)12(18)17-14(13(19)20)5-2-6-14/h3-4,7-8H,2,5-6H2,1H3,(H,17,18)(H,19,20). The number of amides is 1. The van der Waals surface area contributed by atoms with Gasteiger partial charge in [0.05, 0.1) is 5.02 Å². The van der Waals surface area contributed by atoms with E-state index in [1.807, 2.05) is 0 Å². The number of carbonyl (C=O) groups is 2. The minimum atomic E-state index is -1.19. The Labute approximate surface area is 126 Å². The first-order chi connectivity index (χ1) is 9.84. The topological polar surface area (TPSA) is 75.6 Å². The van der Waals surface area contributed by atoms with Crippen LogP contribution in [0.5, 0.6) is 5.75 Å². The molecule has 1 saturated carbocycles. The van der Waals surface area contributed by atoms with Gasteiger partial charge in [-0.25, -0.2) is 9.18 Å². The van der Waals surface area contributed by atoms with Crippen molar-refractivity contribution in [1.82, 2.24) is 5.32 Å². The van der Waals surface area contributed by atoms with Crippen LogP contribution in [0.15, 0.2) is 18.2 Å². The number of carboxylic acids is 1. The van der Waals surface area contributed by atoms with Crippen molar-refractivity contribution in [2.24, 2.45) is 0 Å². The molecule has 0 aliphatic heterocycles. The van der Waals surface area contributed by atoms with E-state index in [0.29, 0.717) is 12.8 Å². The molecular formula is C14H15ClFNO4. The summed E-state index contributed by atoms with van der Waals surface area (Å²) in [5, 5.41) is 11.7. The maximum absolute atomic E-state index is 12.9. The van der Waals surface area contributed by atoms with Gasteiger partial charge in [-0.15, -0.1) is 0 Å². The summed E-state index contributed by atoms with van der Waals surface area (Å²) in [5.41, 5.74) is -1.19. The molecule has 1 unspecified atom stereocenters. The van der Waals surface area contributed by atoms with E-state index in [1.165, 1.54) is 13.0 Å². The van der Waals surface area contributed by atoms with Crippen molar-refractivity contribution in [3.05, 3.63) is 29.0 Å². The zero-order valence-corrected chi connectivity index (χ0v) is 12.1. The van der Waals surface area contributed by atoms with Gasteiger partial charge in [-0.05, 0) is 44.4 Å². The van der Waals surface area contributed by atoms with Gasteiger partial charge in [0.15, 0.2) is 6.10 Å². The Bertz CT molecular complexity index is 574. The van der Waals surface area contributed by atoms with Crippen LogP contribution >= 0.6 is 11.6 Å². The molecule has 1 aliphatic rings. The summed E-state index contributed by atoms with van der Waals surface area (Å²) < 4.78 is 18.3. The third kappa shape index (κ3) is 3.26. The molecule has 1 amide bonds. The van der Waals surface area contributed by atoms with Crippen LogP contribution in [0.25, 0.3) is 0 Å². The van der Waals surface area contributed by atoms with E-state index < -0.39 is 29.3 Å². The van der Waals surface area contributed by atoms with Gasteiger partial charge in [0.2, 0.25) is 0 Å². The number of hydrogen-bond acceptors (Lipinski definition) is 3. The molecule has 114 valence electrons. The molecule has 1 atom stereocenters. The van der Waals surface area contributed by atoms with E-state index in [1.54, 1.807) is 0 Å². The molecule has 0 heterocycles. The minimum absolute atomic E-state index is 0.0474. The summed E-state index contributed by atoms with van der Waals surface area (Å²) in [4.78, 5) is 23.2. The van der Waals surface area contributed by atoms with Crippen LogP contribution in [0.4, 0.5) is 4.39 Å². The highest BCUT2D eigenvalue weighted by Gasteiger charge is 2.46. The lowest BCUT2D eigenvalue weighted by atomic mass is 9.76. The van der Waals surface area contributed by atoms with Crippen molar-refractivity contribution in [1.29, 1.82) is 0 Å². The number of hydrogen-bond donors (Lipinski definition) is 2. The van der Waals surface area contributed by atoms with Gasteiger partial charge >= 0.3 is 5.97 Å². The number of rotatable bonds is 5. The van der Waals surface area contributed by atoms with Crippen molar-refractivity contribution >= 4 is 23.5 Å². The number of carbonyl (C=O) groups excluding carboxylic acids is 1. The quantitative estimate of drug-likeness (QED) is 0.874. The number of halogens is 2. The zero-order chi connectivity index (χ0) is 15.6. The molecule has 0 aromatic heterocycles. The largest absolute Gasteiger partial charge is 0.480 e. The summed E-state index contributed by atoms with van der Waals surface area (Å²) in [6, 6.07) is 3.56. The molecule has 2 N–H and O–H groups in total. The lowest BCUT2D eigenvalue weighted by Crippen LogP contribution is -2.61. The van der Waals surface area contributed by atoms with Crippen molar-refractivity contribution in [3.8, 4) is 5.75 Å². The highest BCUT2D eigenvalue weighted by atomic mass is 35.5. The van der Waals surface area contributed by atoms with Crippen LogP contribution in [0, 0.1) is 5.82 Å². The fraction of sp³-hybridized carbons (Fsp3) is 0.429. The van der Waals surface area contributed by atoms with Gasteiger partial charge in [-0.1, -0.05) is 11.6 Å². The average Bonchev–Trinajstić information content (AvgIpc) is 2.36. The monoisotopic (exact) mass is 315 g/mol. The average molecular weight is 316 g/mol. The van der Waals surface area contributed by atoms with Crippen LogP contribution in [0.3, 0.4) is 0 Å². The van der Waals surface area contributed by atoms with Crippen LogP contribution in [0.1, 0.15) is 26.2 Å². The molecule has 0 bridgehead atoms. The van der Waals surface area contributed by atoms with E-state index in [0.717, 1.165) is 18.6 Å². The van der Waals surface area contributed by atoms with Gasteiger partial charge in [-0.2, -0.15) is 0 Å². The van der Waals surface area contributed by atoms with Crippen LogP contribution in [-0.4, -0.2) is 28.6 Å². The SMILES string of the molecule is CC(Oc1ccc(F)cc1Cl)C(=O)NC1(C(=O)O)CCC1. The molecule has 1 fully saturated rings. The molecule has 7 heteroatoms. The van der Waals surface area contributed by atoms with Gasteiger partial charge in [-0.3, -0.25) is 4.79 Å². The maximum atomic E-state index is 12.9. The Hall–Kier alpha value is -1.82. The Kier molecular flexibility index (Phi) is 4.37. The zero-order valence-electron chi connectivity index (χ0n) is 11.4. The summed E-state index contributed by atoms with van der Waals surface area (Å²) in [5.74, 6) is -1.94. The molecule has 2 rings (SSSR count). The number of nitrogens with one attached hydrogen (secondary N) is 1. The van der Waals surface area contributed by atoms with E-state index in [4.69, 9.17) is 21.4 Å². The first-order valence-electron chi connectivity index (χ1n) is 6.51. The minimum Gasteiger partial charge on any atom is -0.480 e. The Balaban J connectivity index is 2.01. The second-order valence-electron chi connectivity index (χ2n) is 5.06. The summed E-state index contributed by atoms with van der Waals surface area (Å²) in [6.07, 6.45) is 0.617. The lowest BCUT2D eigenvalue weighted by Gasteiger charge is -2.38. The van der Waals surface area contributed by atoms with Gasteiger partial charge < -0.3 is 15.2 Å². The first-order valence-corrected chi connectivity index (χ1v) is 6.89. The fourth-order valence-corrected chi connectivity index (χ4v) is 2.29. The predicted molar refractivity (Wildman–Crippen MR) is 73.9 cm³/mol. The second-order valence-corrected chi connectivity index (χ2v) is 5.47. The summed E-state index contributed by atoms with van der Waals surface area (Å²) in [6.45, 7) is 1.48. The third-order valence-electron chi connectivity index (χ3n) is 3.55. The van der Waals surface area contributed by atoms with Crippen LogP contribution in [0.2, 0.25) is 5.02 Å². The summed E-state index contributed by atoms with van der Waals surface area (Å²) in [7, 11) is 0. The van der Waals surface area contributed by atoms with Gasteiger partial charge in [0, 0.05) is 0 Å². The highest BCUT2D eigenvalue weighted by Crippen LogP contribution is 2.32. The lowest BCUT2D eigenvalue weighted by molar-refractivity contribution is -0.152. The molecule has 5 nitrogen and oxygen atoms in total. The molecule has 0 spiro atoms. The smallest absolute Gasteiger partial charge is 0.329 e. The molecule has 1 aromatic rings. The Morgan fingerprint density at radius 2 is 2.14 bits per heavy atom. The number of benzene rings is 1. The number of carboxylic acid groups (broad SMARTS) is 1. The number of aliphatic carboxylic acids is 1. The second kappa shape index (κ2) is 5.89. The highest BCUT2D eigenvalue weighted by molar-refractivity contribution is 6.32. The maximum Gasteiger partial charge on any atom is 0.329 e. The van der Waals surface area contributed by atoms with Gasteiger partial charge in [0.25, 0.3) is 5.91 Å². The Morgan fingerprint density at radius 3 is 2.62 bits per heavy atom. The molecule has 21 heavy (non-hydrogen) atoms. The normalized spacial score (nSPS) is 17.5. The fourth-order valence-electron chi connectivity index (χ4n) is 2.07. The third-order valence-corrected chi connectivity index (χ3v) is 3.84. The van der Waals surface area contributed by atoms with E-state index in [9.17, 15) is 14.0 Å². The van der Waals surface area contributed by atoms with E-state index in [-0.39, 0.29) is 10.8 Å². The van der Waals surface area contributed by atoms with Crippen molar-refractivity contribution in [2.75, 3.05) is 0 Å². The van der Waals surface area contributed by atoms with Gasteiger partial charge in [0.1, 0.15) is 17.1 Å². The van der Waals surface area contributed by atoms with E-state index in [2.05, 4.69) is 5.32 Å². The van der Waals surface area contributed by atoms with Crippen molar-refractivity contribution < 1.29 is 23.8 Å². The van der Waals surface area contributed by atoms with E-state index >= 15 is 0 Å². The molecule has 1 aromatic carbocycles. The molecule has 0 radical (unpaired) electrons. The van der Waals surface area contributed by atoms with Crippen molar-refractivity contribution in [2.45, 2.75) is 37.8 Å². The molecule has 1 aliphatic carbocycles. The van der Waals surface area contributed by atoms with Crippen molar-refractivity contribution in [3.63, 3.8) is 0 Å². The Morgan fingerprint density at radius 1 is 1.48 bits per heavy atom.